The highest BCUT2D eigenvalue weighted by Gasteiger charge is 2.29. The Kier molecular flexibility index (Phi) is 12.0. The summed E-state index contributed by atoms with van der Waals surface area (Å²) in [6.45, 7) is 4.25. The molecule has 85 heavy (non-hydrogen) atoms. The lowest BCUT2D eigenvalue weighted by Gasteiger charge is -2.33. The molecule has 14 aromatic carbocycles. The minimum atomic E-state index is 0.846. The number of anilines is 6. The molecule has 0 fully saturated rings. The van der Waals surface area contributed by atoms with Crippen LogP contribution in [0.2, 0.25) is 0 Å². The molecule has 14 aromatic rings. The molecule has 0 spiro atoms. The van der Waals surface area contributed by atoms with Crippen molar-refractivity contribution in [2.75, 3.05) is 9.80 Å². The summed E-state index contributed by atoms with van der Waals surface area (Å²) in [5.41, 5.74) is 23.6. The second-order valence-corrected chi connectivity index (χ2v) is 22.6. The van der Waals surface area contributed by atoms with Gasteiger partial charge in [0.2, 0.25) is 0 Å². The summed E-state index contributed by atoms with van der Waals surface area (Å²) in [5.74, 6) is 3.40. The number of hydrogen-bond donors (Lipinski definition) is 0. The average Bonchev–Trinajstić information content (AvgIpc) is 3.35. The zero-order chi connectivity index (χ0) is 56.5. The van der Waals surface area contributed by atoms with Crippen molar-refractivity contribution in [1.29, 1.82) is 0 Å². The van der Waals surface area contributed by atoms with E-state index in [1.165, 1.54) is 88.0 Å². The summed E-state index contributed by atoms with van der Waals surface area (Å²) in [7, 11) is 0. The highest BCUT2D eigenvalue weighted by atomic mass is 16.5. The molecule has 2 heterocycles. The van der Waals surface area contributed by atoms with E-state index in [-0.39, 0.29) is 0 Å². The van der Waals surface area contributed by atoms with Crippen LogP contribution in [0.5, 0.6) is 23.0 Å². The molecule has 4 nitrogen and oxygen atoms in total. The van der Waals surface area contributed by atoms with Crippen molar-refractivity contribution >= 4 is 66.4 Å². The fraction of sp³-hybridized carbons (Fsp3) is 0.0370. The molecule has 0 saturated heterocycles. The van der Waals surface area contributed by atoms with Gasteiger partial charge in [0.25, 0.3) is 0 Å². The minimum Gasteiger partial charge on any atom is -0.453 e. The highest BCUT2D eigenvalue weighted by Crippen LogP contribution is 2.55. The molecule has 0 aromatic heterocycles. The summed E-state index contributed by atoms with van der Waals surface area (Å²) in [6, 6.07) is 105. The summed E-state index contributed by atoms with van der Waals surface area (Å²) in [5, 5.41) is 7.42. The standard InChI is InChI=1S/C42H29NO.C39H27NO/c1-27-10-17-36(18-11-27)43-39-20-15-32(30-13-12-28-6-2-3-7-29(28)22-30)25-41(39)44-42-26-33(16-21-40(42)43)31-14-19-38-35(23-31)24-34-8-4-5-9-37(34)38;1-26-13-19-33(20-14-26)40-36-21-17-31(30-16-15-27-7-2-3-9-29(27)23-30)24-38(36)41-39-25-32(18-22-37(39)40)35-12-6-10-28-8-4-5-11-34(28)35/h2-23,25-26H,24H2,1H3;2-25H,1H3. The van der Waals surface area contributed by atoms with Crippen molar-refractivity contribution in [3.8, 4) is 78.6 Å². The number of fused-ring (bicyclic) bond motifs is 10. The van der Waals surface area contributed by atoms with Gasteiger partial charge in [0.05, 0.1) is 22.7 Å². The maximum atomic E-state index is 6.77. The molecule has 0 atom stereocenters. The van der Waals surface area contributed by atoms with Gasteiger partial charge in [-0.15, -0.1) is 0 Å². The van der Waals surface area contributed by atoms with Crippen LogP contribution in [0.1, 0.15) is 22.3 Å². The van der Waals surface area contributed by atoms with E-state index in [1.54, 1.807) is 0 Å². The quantitative estimate of drug-likeness (QED) is 0.166. The molecular formula is C81H56N2O2. The van der Waals surface area contributed by atoms with Gasteiger partial charge < -0.3 is 19.3 Å². The van der Waals surface area contributed by atoms with Gasteiger partial charge in [0.15, 0.2) is 23.0 Å². The maximum Gasteiger partial charge on any atom is 0.152 e. The molecule has 0 amide bonds. The number of aryl methyl sites for hydroxylation is 2. The summed E-state index contributed by atoms with van der Waals surface area (Å²) in [6.07, 6.45) is 0.979. The van der Waals surface area contributed by atoms with Gasteiger partial charge in [-0.2, -0.15) is 0 Å². The van der Waals surface area contributed by atoms with Gasteiger partial charge in [-0.25, -0.2) is 0 Å². The van der Waals surface area contributed by atoms with Crippen molar-refractivity contribution in [1.82, 2.24) is 0 Å². The number of rotatable bonds is 6. The van der Waals surface area contributed by atoms with Gasteiger partial charge in [-0.05, 0) is 204 Å². The van der Waals surface area contributed by atoms with Crippen LogP contribution < -0.4 is 19.3 Å². The smallest absolute Gasteiger partial charge is 0.152 e. The van der Waals surface area contributed by atoms with E-state index in [2.05, 4.69) is 315 Å². The predicted molar refractivity (Wildman–Crippen MR) is 354 cm³/mol. The number of benzene rings is 14. The van der Waals surface area contributed by atoms with Gasteiger partial charge in [-0.3, -0.25) is 0 Å². The van der Waals surface area contributed by atoms with Crippen molar-refractivity contribution in [2.45, 2.75) is 20.3 Å². The topological polar surface area (TPSA) is 24.9 Å². The maximum absolute atomic E-state index is 6.77. The van der Waals surface area contributed by atoms with E-state index < -0.39 is 0 Å². The molecule has 3 aliphatic rings. The SMILES string of the molecule is Cc1ccc(N2c3ccc(-c4ccc5c(c4)Cc4ccccc4-5)cc3Oc3cc(-c4ccc5ccccc5c4)ccc32)cc1.Cc1ccc(N2c3ccc(-c4ccc5ccccc5c4)cc3Oc3cc(-c4cccc5ccccc45)ccc32)cc1. The summed E-state index contributed by atoms with van der Waals surface area (Å²) < 4.78 is 13.5. The van der Waals surface area contributed by atoms with Gasteiger partial charge in [-0.1, -0.05) is 217 Å². The first-order valence-electron chi connectivity index (χ1n) is 29.2. The third-order valence-electron chi connectivity index (χ3n) is 17.2. The molecular weight excluding hydrogens is 1030 g/mol. The predicted octanol–water partition coefficient (Wildman–Crippen LogP) is 22.8. The first-order valence-corrected chi connectivity index (χ1v) is 29.2. The number of hydrogen-bond acceptors (Lipinski definition) is 4. The van der Waals surface area contributed by atoms with Crippen molar-refractivity contribution in [2.24, 2.45) is 0 Å². The van der Waals surface area contributed by atoms with Gasteiger partial charge in [0.1, 0.15) is 0 Å². The third-order valence-corrected chi connectivity index (χ3v) is 17.2. The molecule has 4 heteroatoms. The van der Waals surface area contributed by atoms with E-state index in [0.717, 1.165) is 85.8 Å². The third kappa shape index (κ3) is 9.04. The molecule has 0 radical (unpaired) electrons. The molecule has 0 bridgehead atoms. The molecule has 0 saturated carbocycles. The number of ether oxygens (including phenoxy) is 2. The Labute approximate surface area is 495 Å². The first kappa shape index (κ1) is 49.8. The highest BCUT2D eigenvalue weighted by molar-refractivity contribution is 5.99. The van der Waals surface area contributed by atoms with E-state index in [4.69, 9.17) is 9.47 Å². The van der Waals surface area contributed by atoms with Crippen molar-refractivity contribution in [3.05, 3.63) is 313 Å². The van der Waals surface area contributed by atoms with Crippen LogP contribution >= 0.6 is 0 Å². The lowest BCUT2D eigenvalue weighted by molar-refractivity contribution is 0.477. The van der Waals surface area contributed by atoms with Crippen molar-refractivity contribution < 1.29 is 9.47 Å². The van der Waals surface area contributed by atoms with Crippen LogP contribution in [0, 0.1) is 13.8 Å². The molecule has 402 valence electrons. The van der Waals surface area contributed by atoms with Crippen LogP contribution in [0.3, 0.4) is 0 Å². The molecule has 0 N–H and O–H groups in total. The van der Waals surface area contributed by atoms with Crippen LogP contribution in [0.25, 0.3) is 88.0 Å². The average molecular weight is 1090 g/mol. The van der Waals surface area contributed by atoms with Crippen LogP contribution in [0.15, 0.2) is 291 Å². The second-order valence-electron chi connectivity index (χ2n) is 22.6. The Balaban J connectivity index is 0.000000139. The Hall–Kier alpha value is -10.9. The monoisotopic (exact) mass is 1090 g/mol. The van der Waals surface area contributed by atoms with Gasteiger partial charge >= 0.3 is 0 Å². The fourth-order valence-corrected chi connectivity index (χ4v) is 12.8. The second kappa shape index (κ2) is 20.5. The Morgan fingerprint density at radius 3 is 1.18 bits per heavy atom. The lowest BCUT2D eigenvalue weighted by Crippen LogP contribution is -2.16. The Morgan fingerprint density at radius 1 is 0.259 bits per heavy atom. The minimum absolute atomic E-state index is 0.846. The summed E-state index contributed by atoms with van der Waals surface area (Å²) >= 11 is 0. The molecule has 0 unspecified atom stereocenters. The zero-order valence-corrected chi connectivity index (χ0v) is 47.1. The molecule has 2 aliphatic heterocycles. The zero-order valence-electron chi connectivity index (χ0n) is 47.1. The number of nitrogens with zero attached hydrogens (tertiary/aromatic N) is 2. The first-order chi connectivity index (χ1) is 41.9. The Morgan fingerprint density at radius 2 is 0.635 bits per heavy atom. The summed E-state index contributed by atoms with van der Waals surface area (Å²) in [4.78, 5) is 4.63. The van der Waals surface area contributed by atoms with Crippen molar-refractivity contribution in [3.63, 3.8) is 0 Å². The van der Waals surface area contributed by atoms with E-state index in [0.29, 0.717) is 0 Å². The van der Waals surface area contributed by atoms with Crippen LogP contribution in [0.4, 0.5) is 34.1 Å². The largest absolute Gasteiger partial charge is 0.453 e. The van der Waals surface area contributed by atoms with E-state index in [1.807, 2.05) is 0 Å². The molecule has 17 rings (SSSR count). The van der Waals surface area contributed by atoms with E-state index in [9.17, 15) is 0 Å². The lowest BCUT2D eigenvalue weighted by atomic mass is 9.97. The molecule has 1 aliphatic carbocycles. The van der Waals surface area contributed by atoms with Crippen LogP contribution in [-0.4, -0.2) is 0 Å². The normalized spacial score (nSPS) is 12.4. The Bertz CT molecular complexity index is 4960. The van der Waals surface area contributed by atoms with Gasteiger partial charge in [0, 0.05) is 11.4 Å². The van der Waals surface area contributed by atoms with Crippen LogP contribution in [-0.2, 0) is 6.42 Å². The fourth-order valence-electron chi connectivity index (χ4n) is 12.8. The van der Waals surface area contributed by atoms with E-state index >= 15 is 0 Å².